The third-order valence-electron chi connectivity index (χ3n) is 4.34. The number of esters is 1. The molecule has 10 heteroatoms. The third kappa shape index (κ3) is 3.36. The minimum absolute atomic E-state index is 0.0146. The van der Waals surface area contributed by atoms with Gasteiger partial charge in [-0.3, -0.25) is 19.5 Å². The number of allylic oxidation sites excluding steroid dienone is 1. The number of fused-ring (bicyclic) bond motifs is 1. The van der Waals surface area contributed by atoms with Crippen LogP contribution in [0.25, 0.3) is 0 Å². The number of methoxy groups -OCH3 is 1. The zero-order valence-corrected chi connectivity index (χ0v) is 16.7. The minimum Gasteiger partial charge on any atom is -0.465 e. The fraction of sp³-hybridized carbons (Fsp3) is 0.211. The number of likely N-dealkylation sites (N-methyl/N-ethyl adjacent to an activating group) is 1. The van der Waals surface area contributed by atoms with Crippen molar-refractivity contribution in [3.63, 3.8) is 0 Å². The van der Waals surface area contributed by atoms with Crippen LogP contribution >= 0.6 is 11.8 Å². The molecule has 1 unspecified atom stereocenters. The van der Waals surface area contributed by atoms with Gasteiger partial charge in [0.15, 0.2) is 0 Å². The Morgan fingerprint density at radius 3 is 2.66 bits per heavy atom. The molecule has 0 radical (unpaired) electrons. The van der Waals surface area contributed by atoms with Crippen molar-refractivity contribution in [2.75, 3.05) is 21.2 Å². The van der Waals surface area contributed by atoms with Crippen LogP contribution in [0.1, 0.15) is 11.6 Å². The lowest BCUT2D eigenvalue weighted by atomic mass is 9.85. The number of thioether (sulfide) groups is 1. The van der Waals surface area contributed by atoms with Gasteiger partial charge in [-0.2, -0.15) is 5.26 Å². The molecule has 148 valence electrons. The zero-order valence-electron chi connectivity index (χ0n) is 15.9. The molecule has 3 rings (SSSR count). The lowest BCUT2D eigenvalue weighted by molar-refractivity contribution is -0.135. The number of hydrogen-bond acceptors (Lipinski definition) is 8. The molecule has 1 aromatic heterocycles. The Morgan fingerprint density at radius 2 is 2.10 bits per heavy atom. The predicted octanol–water partition coefficient (Wildman–Crippen LogP) is 0.805. The number of pyridine rings is 1. The van der Waals surface area contributed by atoms with Crippen molar-refractivity contribution in [2.24, 2.45) is 5.73 Å². The molecular formula is C19H17N5O4S. The number of aromatic nitrogens is 1. The van der Waals surface area contributed by atoms with Gasteiger partial charge in [0.2, 0.25) is 0 Å². The number of nitriles is 1. The summed E-state index contributed by atoms with van der Waals surface area (Å²) < 4.78 is 4.72. The maximum Gasteiger partial charge on any atom is 0.344 e. The smallest absolute Gasteiger partial charge is 0.344 e. The van der Waals surface area contributed by atoms with Crippen LogP contribution in [0, 0.1) is 11.3 Å². The molecule has 1 aromatic rings. The van der Waals surface area contributed by atoms with E-state index in [-0.39, 0.29) is 26.9 Å². The minimum atomic E-state index is -0.889. The summed E-state index contributed by atoms with van der Waals surface area (Å²) in [4.78, 5) is 44.6. The first-order chi connectivity index (χ1) is 13.8. The van der Waals surface area contributed by atoms with Crippen LogP contribution in [0.4, 0.5) is 0 Å². The van der Waals surface area contributed by atoms with E-state index in [2.05, 4.69) is 4.98 Å². The van der Waals surface area contributed by atoms with E-state index in [1.165, 1.54) is 18.2 Å². The molecule has 0 fully saturated rings. The van der Waals surface area contributed by atoms with Crippen molar-refractivity contribution in [2.45, 2.75) is 5.92 Å². The Hall–Kier alpha value is -3.58. The van der Waals surface area contributed by atoms with Gasteiger partial charge in [-0.25, -0.2) is 4.79 Å². The molecule has 2 amide bonds. The van der Waals surface area contributed by atoms with Crippen LogP contribution in [0.15, 0.2) is 57.4 Å². The van der Waals surface area contributed by atoms with Gasteiger partial charge in [-0.15, -0.1) is 0 Å². The number of ether oxygens (including phenoxy) is 1. The lowest BCUT2D eigenvalue weighted by Crippen LogP contribution is -2.42. The summed E-state index contributed by atoms with van der Waals surface area (Å²) in [7, 11) is 4.30. The first kappa shape index (κ1) is 20.2. The zero-order chi connectivity index (χ0) is 21.3. The number of nitrogens with two attached hydrogens (primary N) is 1. The van der Waals surface area contributed by atoms with E-state index in [1.54, 1.807) is 32.3 Å². The highest BCUT2D eigenvalue weighted by atomic mass is 32.2. The highest BCUT2D eigenvalue weighted by Gasteiger charge is 2.44. The first-order valence-corrected chi connectivity index (χ1v) is 9.21. The molecule has 0 bridgehead atoms. The molecule has 2 aliphatic rings. The number of carbonyl (C=O) groups is 3. The van der Waals surface area contributed by atoms with E-state index >= 15 is 0 Å². The molecule has 0 aliphatic carbocycles. The van der Waals surface area contributed by atoms with Crippen molar-refractivity contribution in [3.8, 4) is 6.07 Å². The second kappa shape index (κ2) is 7.81. The lowest BCUT2D eigenvalue weighted by Gasteiger charge is -2.37. The third-order valence-corrected chi connectivity index (χ3v) is 5.44. The monoisotopic (exact) mass is 411 g/mol. The van der Waals surface area contributed by atoms with Crippen LogP contribution in [-0.2, 0) is 19.1 Å². The molecule has 29 heavy (non-hydrogen) atoms. The number of nitrogens with zero attached hydrogens (tertiary/aromatic N) is 4. The summed E-state index contributed by atoms with van der Waals surface area (Å²) in [5.41, 5.74) is 6.76. The van der Waals surface area contributed by atoms with Gasteiger partial charge in [-0.1, -0.05) is 17.8 Å². The quantitative estimate of drug-likeness (QED) is 0.723. The molecule has 0 saturated heterocycles. The molecule has 0 saturated carbocycles. The van der Waals surface area contributed by atoms with Gasteiger partial charge in [0.05, 0.1) is 41.0 Å². The fourth-order valence-electron chi connectivity index (χ4n) is 3.02. The van der Waals surface area contributed by atoms with Crippen LogP contribution in [-0.4, -0.2) is 53.8 Å². The second-order valence-electron chi connectivity index (χ2n) is 6.29. The molecular weight excluding hydrogens is 394 g/mol. The Bertz CT molecular complexity index is 1040. The Balaban J connectivity index is 2.33. The summed E-state index contributed by atoms with van der Waals surface area (Å²) in [6.07, 6.45) is 2.61. The number of hydrogen-bond donors (Lipinski definition) is 1. The summed E-state index contributed by atoms with van der Waals surface area (Å²) in [6.45, 7) is 0. The van der Waals surface area contributed by atoms with E-state index < -0.39 is 23.7 Å². The Labute approximate surface area is 171 Å². The fourth-order valence-corrected chi connectivity index (χ4v) is 4.15. The summed E-state index contributed by atoms with van der Waals surface area (Å²) >= 11 is 0.893. The molecule has 9 nitrogen and oxygen atoms in total. The van der Waals surface area contributed by atoms with Crippen LogP contribution < -0.4 is 5.73 Å². The van der Waals surface area contributed by atoms with Crippen molar-refractivity contribution in [1.82, 2.24) is 14.8 Å². The summed E-state index contributed by atoms with van der Waals surface area (Å²) in [6, 6.07) is 7.11. The molecule has 0 aromatic carbocycles. The number of rotatable bonds is 3. The van der Waals surface area contributed by atoms with E-state index in [1.807, 2.05) is 6.07 Å². The SMILES string of the molecule is COC(=O)C1=CC(=O)N2C(N)=C(C#N)C(c3ccccn3)C(C(=O)N(C)C)=C2S1. The van der Waals surface area contributed by atoms with Gasteiger partial charge in [0.1, 0.15) is 10.7 Å². The second-order valence-corrected chi connectivity index (χ2v) is 7.32. The normalized spacial score (nSPS) is 18.7. The van der Waals surface area contributed by atoms with Crippen LogP contribution in [0.5, 0.6) is 0 Å². The topological polar surface area (TPSA) is 130 Å². The standard InChI is InChI=1S/C19H17N5O4S/c1-23(2)17(26)15-14(11-6-4-5-7-22-11)10(9-20)16(21)24-13(25)8-12(19(27)28-3)29-18(15)24/h4-8,14H,21H2,1-3H3. The molecule has 1 atom stereocenters. The van der Waals surface area contributed by atoms with Gasteiger partial charge >= 0.3 is 5.97 Å². The van der Waals surface area contributed by atoms with Gasteiger partial charge in [0, 0.05) is 26.4 Å². The maximum absolute atomic E-state index is 13.1. The average molecular weight is 411 g/mol. The largest absolute Gasteiger partial charge is 0.465 e. The van der Waals surface area contributed by atoms with E-state index in [4.69, 9.17) is 10.5 Å². The van der Waals surface area contributed by atoms with E-state index in [9.17, 15) is 19.6 Å². The predicted molar refractivity (Wildman–Crippen MR) is 104 cm³/mol. The van der Waals surface area contributed by atoms with Crippen molar-refractivity contribution >= 4 is 29.5 Å². The summed E-state index contributed by atoms with van der Waals surface area (Å²) in [5.74, 6) is -2.79. The molecule has 2 aliphatic heterocycles. The highest BCUT2D eigenvalue weighted by Crippen LogP contribution is 2.47. The van der Waals surface area contributed by atoms with Gasteiger partial charge in [-0.05, 0) is 12.1 Å². The summed E-state index contributed by atoms with van der Waals surface area (Å²) in [5, 5.41) is 9.94. The number of carbonyl (C=O) groups excluding carboxylic acids is 3. The van der Waals surface area contributed by atoms with Crippen molar-refractivity contribution in [3.05, 3.63) is 63.1 Å². The van der Waals surface area contributed by atoms with Gasteiger partial charge in [0.25, 0.3) is 11.8 Å². The van der Waals surface area contributed by atoms with Crippen LogP contribution in [0.2, 0.25) is 0 Å². The first-order valence-electron chi connectivity index (χ1n) is 8.40. The maximum atomic E-state index is 13.1. The average Bonchev–Trinajstić information content (AvgIpc) is 2.72. The molecule has 3 heterocycles. The Kier molecular flexibility index (Phi) is 5.43. The Morgan fingerprint density at radius 1 is 1.38 bits per heavy atom. The highest BCUT2D eigenvalue weighted by molar-refractivity contribution is 8.07. The van der Waals surface area contributed by atoms with Crippen molar-refractivity contribution in [1.29, 1.82) is 5.26 Å². The van der Waals surface area contributed by atoms with Gasteiger partial charge < -0.3 is 15.4 Å². The van der Waals surface area contributed by atoms with Crippen LogP contribution in [0.3, 0.4) is 0 Å². The van der Waals surface area contributed by atoms with E-state index in [0.29, 0.717) is 5.69 Å². The van der Waals surface area contributed by atoms with Crippen molar-refractivity contribution < 1.29 is 19.1 Å². The van der Waals surface area contributed by atoms with E-state index in [0.717, 1.165) is 22.7 Å². The molecule has 0 spiro atoms. The number of amides is 2. The molecule has 2 N–H and O–H groups in total.